The summed E-state index contributed by atoms with van der Waals surface area (Å²) in [6.07, 6.45) is 1.07. The van der Waals surface area contributed by atoms with E-state index in [2.05, 4.69) is 29.9 Å². The molecule has 0 amide bonds. The predicted octanol–water partition coefficient (Wildman–Crippen LogP) is 0.0644. The van der Waals surface area contributed by atoms with Gasteiger partial charge >= 0.3 is 5.97 Å². The molecule has 0 saturated carbocycles. The summed E-state index contributed by atoms with van der Waals surface area (Å²) in [6, 6.07) is 0. The van der Waals surface area contributed by atoms with Crippen molar-refractivity contribution in [1.29, 1.82) is 0 Å². The number of nitrogens with zero attached hydrogens (tertiary/aromatic N) is 4. The minimum Gasteiger partial charge on any atom is -0.398 e. The molecule has 0 spiro atoms. The molecule has 0 aromatic carbocycles. The number of oxime groups is 1. The van der Waals surface area contributed by atoms with Gasteiger partial charge in [-0.05, 0) is 0 Å². The molecular weight excluding hydrogens is 262 g/mol. The maximum Gasteiger partial charge on any atom is 0.369 e. The van der Waals surface area contributed by atoms with Crippen LogP contribution in [0.2, 0.25) is 0 Å². The van der Waals surface area contributed by atoms with Crippen molar-refractivity contribution in [3.05, 3.63) is 17.3 Å². The lowest BCUT2D eigenvalue weighted by Crippen LogP contribution is -2.22. The highest BCUT2D eigenvalue weighted by molar-refractivity contribution is 7.13. The number of rotatable bonds is 4. The average Bonchev–Trinajstić information content (AvgIpc) is 2.97. The van der Waals surface area contributed by atoms with Crippen LogP contribution in [-0.2, 0) is 9.63 Å². The monoisotopic (exact) mass is 269 g/mol. The Balaban J connectivity index is 2.21. The molecule has 0 radical (unpaired) electrons. The van der Waals surface area contributed by atoms with Crippen LogP contribution < -0.4 is 10.5 Å². The number of hydrogen-bond donors (Lipinski definition) is 1. The van der Waals surface area contributed by atoms with Gasteiger partial charge in [0.1, 0.15) is 12.8 Å². The molecule has 9 nitrogen and oxygen atoms in total. The lowest BCUT2D eigenvalue weighted by atomic mass is 10.3. The van der Waals surface area contributed by atoms with Gasteiger partial charge in [0, 0.05) is 10.7 Å². The third-order valence-corrected chi connectivity index (χ3v) is 2.35. The van der Waals surface area contributed by atoms with Crippen LogP contribution >= 0.6 is 11.3 Å². The van der Waals surface area contributed by atoms with Crippen molar-refractivity contribution in [2.75, 3.05) is 12.8 Å². The van der Waals surface area contributed by atoms with Crippen LogP contribution in [0.3, 0.4) is 0 Å². The van der Waals surface area contributed by atoms with Crippen LogP contribution in [0.25, 0.3) is 0 Å². The number of ether oxygens (including phenoxy) is 1. The van der Waals surface area contributed by atoms with Gasteiger partial charge in [0.25, 0.3) is 5.88 Å². The third-order valence-electron chi connectivity index (χ3n) is 1.68. The zero-order valence-electron chi connectivity index (χ0n) is 9.06. The van der Waals surface area contributed by atoms with E-state index in [0.717, 1.165) is 17.6 Å². The Morgan fingerprint density at radius 1 is 1.61 bits per heavy atom. The highest BCUT2D eigenvalue weighted by Crippen LogP contribution is 2.13. The minimum absolute atomic E-state index is 0.0907. The Hall–Kier alpha value is -2.49. The van der Waals surface area contributed by atoms with Crippen molar-refractivity contribution >= 4 is 28.1 Å². The van der Waals surface area contributed by atoms with E-state index in [1.165, 1.54) is 7.11 Å². The number of anilines is 1. The first-order chi connectivity index (χ1) is 8.70. The fraction of sp³-hybridized carbons (Fsp3) is 0.125. The standard InChI is InChI=1S/C8H7N5O4S/c1-15-12-6(4-3-18-8(9)10-4)7(14)17-5-2-16-13-11-5/h2-3H,1H3,(H2,9,10). The number of nitrogens with two attached hydrogens (primary N) is 1. The van der Waals surface area contributed by atoms with Gasteiger partial charge in [0.2, 0.25) is 5.71 Å². The molecule has 2 rings (SSSR count). The number of carbonyl (C=O) groups excluding carboxylic acids is 1. The summed E-state index contributed by atoms with van der Waals surface area (Å²) in [5.74, 6) is -0.898. The van der Waals surface area contributed by atoms with E-state index in [1.54, 1.807) is 5.38 Å². The van der Waals surface area contributed by atoms with Gasteiger partial charge in [0.15, 0.2) is 11.4 Å². The summed E-state index contributed by atoms with van der Waals surface area (Å²) in [5, 5.41) is 11.9. The lowest BCUT2D eigenvalue weighted by Gasteiger charge is -2.00. The quantitative estimate of drug-likeness (QED) is 0.469. The first kappa shape index (κ1) is 12.0. The van der Waals surface area contributed by atoms with Crippen LogP contribution in [0.15, 0.2) is 21.3 Å². The van der Waals surface area contributed by atoms with Crippen molar-refractivity contribution in [3.63, 3.8) is 0 Å². The highest BCUT2D eigenvalue weighted by atomic mass is 32.1. The van der Waals surface area contributed by atoms with Gasteiger partial charge < -0.3 is 19.8 Å². The Morgan fingerprint density at radius 3 is 3.00 bits per heavy atom. The van der Waals surface area contributed by atoms with Crippen LogP contribution in [-0.4, -0.2) is 34.1 Å². The number of hydrogen-bond acceptors (Lipinski definition) is 10. The molecule has 2 N–H and O–H groups in total. The topological polar surface area (TPSA) is 126 Å². The molecule has 10 heteroatoms. The van der Waals surface area contributed by atoms with Crippen LogP contribution in [0.4, 0.5) is 5.13 Å². The molecule has 2 heterocycles. The summed E-state index contributed by atoms with van der Waals surface area (Å²) in [7, 11) is 1.29. The summed E-state index contributed by atoms with van der Waals surface area (Å²) in [5.41, 5.74) is 5.59. The van der Waals surface area contributed by atoms with Crippen molar-refractivity contribution in [2.45, 2.75) is 0 Å². The number of nitrogen functional groups attached to an aromatic ring is 1. The molecule has 18 heavy (non-hydrogen) atoms. The molecule has 0 saturated heterocycles. The molecule has 0 fully saturated rings. The fourth-order valence-electron chi connectivity index (χ4n) is 1.02. The molecule has 0 aliphatic carbocycles. The first-order valence-electron chi connectivity index (χ1n) is 4.52. The Bertz CT molecular complexity index is 564. The lowest BCUT2D eigenvalue weighted by molar-refractivity contribution is -0.127. The second-order valence-electron chi connectivity index (χ2n) is 2.83. The number of thiazole rings is 1. The normalized spacial score (nSPS) is 11.3. The highest BCUT2D eigenvalue weighted by Gasteiger charge is 2.21. The zero-order valence-corrected chi connectivity index (χ0v) is 9.88. The first-order valence-corrected chi connectivity index (χ1v) is 5.40. The van der Waals surface area contributed by atoms with Crippen LogP contribution in [0.1, 0.15) is 5.69 Å². The van der Waals surface area contributed by atoms with Crippen molar-refractivity contribution in [3.8, 4) is 5.88 Å². The van der Waals surface area contributed by atoms with Gasteiger partial charge in [-0.2, -0.15) is 0 Å². The van der Waals surface area contributed by atoms with E-state index in [9.17, 15) is 4.79 Å². The second kappa shape index (κ2) is 5.23. The van der Waals surface area contributed by atoms with Gasteiger partial charge in [-0.3, -0.25) is 0 Å². The molecule has 0 atom stereocenters. The SMILES string of the molecule is CON=C(C(=O)Oc1conn1)c1csc(N)n1. The summed E-state index contributed by atoms with van der Waals surface area (Å²) >= 11 is 1.16. The Morgan fingerprint density at radius 2 is 2.44 bits per heavy atom. The molecule has 0 unspecified atom stereocenters. The molecule has 0 bridgehead atoms. The molecule has 94 valence electrons. The van der Waals surface area contributed by atoms with E-state index in [-0.39, 0.29) is 17.3 Å². The van der Waals surface area contributed by atoms with E-state index in [4.69, 9.17) is 10.5 Å². The third kappa shape index (κ3) is 2.60. The number of esters is 1. The van der Waals surface area contributed by atoms with E-state index < -0.39 is 5.97 Å². The smallest absolute Gasteiger partial charge is 0.369 e. The summed E-state index contributed by atoms with van der Waals surface area (Å²) in [4.78, 5) is 20.3. The number of carbonyl (C=O) groups is 1. The van der Waals surface area contributed by atoms with Gasteiger partial charge in [-0.25, -0.2) is 9.78 Å². The van der Waals surface area contributed by atoms with Gasteiger partial charge in [-0.1, -0.05) is 10.3 Å². The molecular formula is C8H7N5O4S. The molecule has 0 aliphatic rings. The van der Waals surface area contributed by atoms with Crippen LogP contribution in [0.5, 0.6) is 5.88 Å². The van der Waals surface area contributed by atoms with Crippen molar-refractivity contribution in [1.82, 2.24) is 15.4 Å². The molecule has 0 aliphatic heterocycles. The summed E-state index contributed by atoms with van der Waals surface area (Å²) in [6.45, 7) is 0. The zero-order chi connectivity index (χ0) is 13.0. The van der Waals surface area contributed by atoms with Crippen molar-refractivity contribution in [2.24, 2.45) is 5.16 Å². The Kier molecular flexibility index (Phi) is 3.48. The minimum atomic E-state index is -0.808. The molecule has 2 aromatic heterocycles. The maximum atomic E-state index is 11.8. The van der Waals surface area contributed by atoms with E-state index in [1.807, 2.05) is 0 Å². The van der Waals surface area contributed by atoms with Crippen molar-refractivity contribution < 1.29 is 18.9 Å². The number of aromatic nitrogens is 3. The predicted molar refractivity (Wildman–Crippen MR) is 60.0 cm³/mol. The summed E-state index contributed by atoms with van der Waals surface area (Å²) < 4.78 is 9.26. The largest absolute Gasteiger partial charge is 0.398 e. The fourth-order valence-corrected chi connectivity index (χ4v) is 1.57. The van der Waals surface area contributed by atoms with Crippen LogP contribution in [0, 0.1) is 0 Å². The van der Waals surface area contributed by atoms with Gasteiger partial charge in [-0.15, -0.1) is 11.3 Å². The second-order valence-corrected chi connectivity index (χ2v) is 3.72. The van der Waals surface area contributed by atoms with Gasteiger partial charge in [0.05, 0.1) is 0 Å². The van der Waals surface area contributed by atoms with E-state index >= 15 is 0 Å². The maximum absolute atomic E-state index is 11.8. The molecule has 2 aromatic rings. The Labute approximate surface area is 104 Å². The average molecular weight is 269 g/mol. The van der Waals surface area contributed by atoms with E-state index in [0.29, 0.717) is 5.13 Å².